The van der Waals surface area contributed by atoms with Crippen LogP contribution in [0.5, 0.6) is 0 Å². The monoisotopic (exact) mass is 286 g/mol. The Balaban J connectivity index is 1.97. The average Bonchev–Trinajstić information content (AvgIpc) is 2.87. The summed E-state index contributed by atoms with van der Waals surface area (Å²) in [5, 5.41) is 3.40. The molecule has 108 valence electrons. The van der Waals surface area contributed by atoms with Gasteiger partial charge in [0.2, 0.25) is 0 Å². The van der Waals surface area contributed by atoms with Crippen molar-refractivity contribution in [2.24, 2.45) is 11.8 Å². The van der Waals surface area contributed by atoms with Crippen LogP contribution >= 0.6 is 0 Å². The number of aryl methyl sites for hydroxylation is 1. The van der Waals surface area contributed by atoms with E-state index < -0.39 is 10.0 Å². The second-order valence-corrected chi connectivity index (χ2v) is 6.84. The number of hydrogen-bond acceptors (Lipinski definition) is 4. The molecule has 2 N–H and O–H groups in total. The van der Waals surface area contributed by atoms with Gasteiger partial charge in [-0.15, -0.1) is 0 Å². The zero-order valence-electron chi connectivity index (χ0n) is 11.5. The van der Waals surface area contributed by atoms with E-state index in [-0.39, 0.29) is 5.03 Å². The number of nitrogens with zero attached hydrogens (tertiary/aromatic N) is 2. The van der Waals surface area contributed by atoms with E-state index in [2.05, 4.69) is 21.9 Å². The molecular formula is C12H22N4O2S. The maximum absolute atomic E-state index is 12.1. The van der Waals surface area contributed by atoms with Crippen molar-refractivity contribution >= 4 is 10.0 Å². The first-order valence-corrected chi connectivity index (χ1v) is 8.23. The van der Waals surface area contributed by atoms with Crippen molar-refractivity contribution in [1.29, 1.82) is 0 Å². The maximum Gasteiger partial charge on any atom is 0.259 e. The predicted octanol–water partition coefficient (Wildman–Crippen LogP) is 0.427. The Morgan fingerprint density at radius 3 is 3.00 bits per heavy atom. The summed E-state index contributed by atoms with van der Waals surface area (Å²) in [4.78, 5) is 3.94. The topological polar surface area (TPSA) is 76.0 Å². The molecule has 0 aliphatic carbocycles. The molecule has 1 aromatic heterocycles. The molecule has 2 rings (SSSR count). The molecule has 0 amide bonds. The normalized spacial score (nSPS) is 24.5. The number of hydrogen-bond donors (Lipinski definition) is 2. The molecule has 2 atom stereocenters. The van der Waals surface area contributed by atoms with Crippen molar-refractivity contribution in [3.63, 3.8) is 0 Å². The predicted molar refractivity (Wildman–Crippen MR) is 73.2 cm³/mol. The second-order valence-electron chi connectivity index (χ2n) is 5.12. The number of imidazole rings is 1. The summed E-state index contributed by atoms with van der Waals surface area (Å²) in [5.41, 5.74) is 0. The van der Waals surface area contributed by atoms with E-state index >= 15 is 0 Å². The minimum absolute atomic E-state index is 0.103. The lowest BCUT2D eigenvalue weighted by Crippen LogP contribution is -2.42. The number of rotatable bonds is 5. The van der Waals surface area contributed by atoms with E-state index in [1.54, 1.807) is 17.1 Å². The Hall–Kier alpha value is -0.920. The molecule has 1 fully saturated rings. The van der Waals surface area contributed by atoms with E-state index in [9.17, 15) is 8.42 Å². The Labute approximate surface area is 114 Å². The third-order valence-electron chi connectivity index (χ3n) is 3.77. The van der Waals surface area contributed by atoms with E-state index in [4.69, 9.17) is 0 Å². The first-order valence-electron chi connectivity index (χ1n) is 6.75. The van der Waals surface area contributed by atoms with Crippen molar-refractivity contribution in [3.8, 4) is 0 Å². The number of piperidine rings is 1. The van der Waals surface area contributed by atoms with Gasteiger partial charge in [-0.25, -0.2) is 18.1 Å². The summed E-state index contributed by atoms with van der Waals surface area (Å²) in [5.74, 6) is 0.883. The van der Waals surface area contributed by atoms with Crippen LogP contribution in [0.4, 0.5) is 0 Å². The fourth-order valence-electron chi connectivity index (χ4n) is 2.27. The van der Waals surface area contributed by atoms with Gasteiger partial charge >= 0.3 is 0 Å². The minimum atomic E-state index is -3.48. The van der Waals surface area contributed by atoms with Crippen LogP contribution < -0.4 is 10.0 Å². The van der Waals surface area contributed by atoms with Crippen molar-refractivity contribution < 1.29 is 8.42 Å². The highest BCUT2D eigenvalue weighted by molar-refractivity contribution is 7.89. The molecule has 2 unspecified atom stereocenters. The van der Waals surface area contributed by atoms with Crippen molar-refractivity contribution in [2.75, 3.05) is 19.6 Å². The minimum Gasteiger partial charge on any atom is -0.336 e. The van der Waals surface area contributed by atoms with Crippen LogP contribution in [0, 0.1) is 11.8 Å². The molecule has 1 aliphatic heterocycles. The van der Waals surface area contributed by atoms with Gasteiger partial charge in [-0.2, -0.15) is 0 Å². The first kappa shape index (κ1) is 14.5. The van der Waals surface area contributed by atoms with Crippen molar-refractivity contribution in [1.82, 2.24) is 19.6 Å². The van der Waals surface area contributed by atoms with E-state index in [0.29, 0.717) is 24.9 Å². The summed E-state index contributed by atoms with van der Waals surface area (Å²) >= 11 is 0. The lowest BCUT2D eigenvalue weighted by molar-refractivity contribution is 0.275. The molecule has 0 bridgehead atoms. The van der Waals surface area contributed by atoms with Crippen LogP contribution in [-0.4, -0.2) is 37.6 Å². The zero-order valence-corrected chi connectivity index (χ0v) is 12.3. The number of sulfonamides is 1. The largest absolute Gasteiger partial charge is 0.336 e. The van der Waals surface area contributed by atoms with E-state index in [1.165, 1.54) is 0 Å². The van der Waals surface area contributed by atoms with Gasteiger partial charge in [0.15, 0.2) is 5.03 Å². The molecule has 7 heteroatoms. The molecule has 1 aromatic rings. The summed E-state index contributed by atoms with van der Waals surface area (Å²) in [6.45, 7) is 7.19. The van der Waals surface area contributed by atoms with Crippen LogP contribution in [0.15, 0.2) is 17.6 Å². The van der Waals surface area contributed by atoms with Gasteiger partial charge in [-0.1, -0.05) is 6.92 Å². The van der Waals surface area contributed by atoms with Gasteiger partial charge in [0, 0.05) is 19.3 Å². The molecule has 19 heavy (non-hydrogen) atoms. The van der Waals surface area contributed by atoms with Gasteiger partial charge in [-0.3, -0.25) is 0 Å². The van der Waals surface area contributed by atoms with Crippen LogP contribution in [0.3, 0.4) is 0 Å². The van der Waals surface area contributed by atoms with E-state index in [1.807, 2.05) is 6.92 Å². The van der Waals surface area contributed by atoms with Crippen molar-refractivity contribution in [3.05, 3.63) is 12.5 Å². The molecule has 6 nitrogen and oxygen atoms in total. The van der Waals surface area contributed by atoms with Gasteiger partial charge in [0.05, 0.1) is 6.33 Å². The Morgan fingerprint density at radius 1 is 1.58 bits per heavy atom. The van der Waals surface area contributed by atoms with Gasteiger partial charge in [0.25, 0.3) is 10.0 Å². The first-order chi connectivity index (χ1) is 9.03. The standard InChI is InChI=1S/C12H22N4O2S/c1-3-16-8-12(14-9-16)19(17,18)15-7-11-6-13-5-4-10(11)2/h8-11,13,15H,3-7H2,1-2H3. The smallest absolute Gasteiger partial charge is 0.259 e. The highest BCUT2D eigenvalue weighted by atomic mass is 32.2. The molecule has 0 radical (unpaired) electrons. The Bertz CT molecular complexity index is 512. The molecule has 2 heterocycles. The lowest BCUT2D eigenvalue weighted by atomic mass is 9.88. The van der Waals surface area contributed by atoms with Crippen LogP contribution in [0.2, 0.25) is 0 Å². The summed E-state index contributed by atoms with van der Waals surface area (Å²) in [6, 6.07) is 0. The molecule has 0 saturated carbocycles. The quantitative estimate of drug-likeness (QED) is 0.823. The summed E-state index contributed by atoms with van der Waals surface area (Å²) < 4.78 is 28.6. The van der Waals surface area contributed by atoms with Gasteiger partial charge in [0.1, 0.15) is 0 Å². The van der Waals surface area contributed by atoms with Crippen molar-refractivity contribution in [2.45, 2.75) is 31.8 Å². The molecule has 1 aliphatic rings. The van der Waals surface area contributed by atoms with Crippen LogP contribution in [-0.2, 0) is 16.6 Å². The molecule has 1 saturated heterocycles. The Morgan fingerprint density at radius 2 is 2.37 bits per heavy atom. The van der Waals surface area contributed by atoms with E-state index in [0.717, 1.165) is 19.5 Å². The highest BCUT2D eigenvalue weighted by Crippen LogP contribution is 2.18. The third kappa shape index (κ3) is 3.55. The SMILES string of the molecule is CCn1cnc(S(=O)(=O)NCC2CNCCC2C)c1. The summed E-state index contributed by atoms with van der Waals surface area (Å²) in [7, 11) is -3.48. The fourth-order valence-corrected chi connectivity index (χ4v) is 3.31. The highest BCUT2D eigenvalue weighted by Gasteiger charge is 2.24. The summed E-state index contributed by atoms with van der Waals surface area (Å²) in [6.07, 6.45) is 4.20. The van der Waals surface area contributed by atoms with Crippen LogP contribution in [0.1, 0.15) is 20.3 Å². The van der Waals surface area contributed by atoms with Gasteiger partial charge in [-0.05, 0) is 38.3 Å². The third-order valence-corrected chi connectivity index (χ3v) is 5.08. The molecule has 0 spiro atoms. The lowest BCUT2D eigenvalue weighted by Gasteiger charge is -2.29. The Kier molecular flexibility index (Phi) is 4.59. The zero-order chi connectivity index (χ0) is 13.9. The van der Waals surface area contributed by atoms with Gasteiger partial charge < -0.3 is 9.88 Å². The average molecular weight is 286 g/mol. The number of nitrogens with one attached hydrogen (secondary N) is 2. The maximum atomic E-state index is 12.1. The fraction of sp³-hybridized carbons (Fsp3) is 0.750. The molecule has 0 aromatic carbocycles. The molecular weight excluding hydrogens is 264 g/mol. The number of aromatic nitrogens is 2. The van der Waals surface area contributed by atoms with Crippen LogP contribution in [0.25, 0.3) is 0 Å². The second kappa shape index (κ2) is 6.02.